The highest BCUT2D eigenvalue weighted by Gasteiger charge is 2.08. The van der Waals surface area contributed by atoms with E-state index in [0.29, 0.717) is 13.0 Å². The molecule has 0 saturated carbocycles. The van der Waals surface area contributed by atoms with Crippen LogP contribution in [0, 0.1) is 0 Å². The molecule has 2 aromatic heterocycles. The van der Waals surface area contributed by atoms with Crippen molar-refractivity contribution >= 4 is 16.8 Å². The molecule has 106 valence electrons. The topological polar surface area (TPSA) is 90.6 Å². The van der Waals surface area contributed by atoms with Gasteiger partial charge in [0, 0.05) is 29.7 Å². The largest absolute Gasteiger partial charge is 0.361 e. The number of aromatic amines is 2. The third kappa shape index (κ3) is 2.84. The minimum Gasteiger partial charge on any atom is -0.361 e. The Labute approximate surface area is 120 Å². The summed E-state index contributed by atoms with van der Waals surface area (Å²) in [7, 11) is 0. The van der Waals surface area contributed by atoms with Crippen molar-refractivity contribution in [3.8, 4) is 0 Å². The number of carbonyl (C=O) groups is 1. The van der Waals surface area contributed by atoms with Gasteiger partial charge < -0.3 is 15.3 Å². The van der Waals surface area contributed by atoms with Crippen LogP contribution in [-0.2, 0) is 6.42 Å². The van der Waals surface area contributed by atoms with E-state index in [1.807, 2.05) is 30.5 Å². The predicted octanol–water partition coefficient (Wildman–Crippen LogP) is 1.22. The van der Waals surface area contributed by atoms with E-state index in [-0.39, 0.29) is 17.2 Å². The first kappa shape index (κ1) is 13.1. The normalized spacial score (nSPS) is 10.7. The average molecular weight is 282 g/mol. The molecule has 0 radical (unpaired) electrons. The third-order valence-corrected chi connectivity index (χ3v) is 3.27. The molecular weight excluding hydrogens is 268 g/mol. The molecule has 0 bridgehead atoms. The standard InChI is InChI=1S/C15H14N4O2/c20-14-7-13(18-9-19-14)15(21)16-6-5-10-8-17-12-4-2-1-3-11(10)12/h1-4,7-9,17H,5-6H2,(H,16,21)(H,18,19,20). The summed E-state index contributed by atoms with van der Waals surface area (Å²) in [6.07, 6.45) is 3.87. The summed E-state index contributed by atoms with van der Waals surface area (Å²) in [5.41, 5.74) is 2.00. The quantitative estimate of drug-likeness (QED) is 0.672. The second-order valence-corrected chi connectivity index (χ2v) is 4.66. The maximum absolute atomic E-state index is 11.9. The van der Waals surface area contributed by atoms with Crippen LogP contribution in [0.3, 0.4) is 0 Å². The average Bonchev–Trinajstić information content (AvgIpc) is 2.91. The summed E-state index contributed by atoms with van der Waals surface area (Å²) in [5, 5.41) is 3.91. The molecule has 21 heavy (non-hydrogen) atoms. The van der Waals surface area contributed by atoms with Gasteiger partial charge in [-0.25, -0.2) is 4.98 Å². The van der Waals surface area contributed by atoms with Gasteiger partial charge in [0.2, 0.25) is 0 Å². The van der Waals surface area contributed by atoms with Crippen LogP contribution in [0.15, 0.2) is 47.7 Å². The van der Waals surface area contributed by atoms with Crippen molar-refractivity contribution in [1.82, 2.24) is 20.3 Å². The molecule has 0 spiro atoms. The highest BCUT2D eigenvalue weighted by molar-refractivity contribution is 5.92. The summed E-state index contributed by atoms with van der Waals surface area (Å²) >= 11 is 0. The van der Waals surface area contributed by atoms with Gasteiger partial charge in [0.1, 0.15) is 5.69 Å². The van der Waals surface area contributed by atoms with Gasteiger partial charge in [-0.1, -0.05) is 18.2 Å². The molecular formula is C15H14N4O2. The number of hydrogen-bond acceptors (Lipinski definition) is 3. The second kappa shape index (κ2) is 5.62. The van der Waals surface area contributed by atoms with Crippen LogP contribution in [0.5, 0.6) is 0 Å². The smallest absolute Gasteiger partial charge is 0.270 e. The number of benzene rings is 1. The number of aromatic nitrogens is 3. The SMILES string of the molecule is O=C(NCCc1c[nH]c2ccccc12)c1cc(=O)[nH]cn1. The lowest BCUT2D eigenvalue weighted by atomic mass is 10.1. The van der Waals surface area contributed by atoms with Crippen molar-refractivity contribution in [2.45, 2.75) is 6.42 Å². The summed E-state index contributed by atoms with van der Waals surface area (Å²) in [6.45, 7) is 0.481. The Balaban J connectivity index is 1.64. The molecule has 2 heterocycles. The minimum atomic E-state index is -0.346. The summed E-state index contributed by atoms with van der Waals surface area (Å²) in [6, 6.07) is 9.20. The van der Waals surface area contributed by atoms with Crippen LogP contribution in [0.4, 0.5) is 0 Å². The summed E-state index contributed by atoms with van der Waals surface area (Å²) in [5.74, 6) is -0.346. The van der Waals surface area contributed by atoms with Crippen LogP contribution < -0.4 is 10.9 Å². The van der Waals surface area contributed by atoms with Crippen LogP contribution in [0.2, 0.25) is 0 Å². The molecule has 3 rings (SSSR count). The van der Waals surface area contributed by atoms with Gasteiger partial charge >= 0.3 is 0 Å². The Kier molecular flexibility index (Phi) is 3.51. The minimum absolute atomic E-state index is 0.123. The van der Waals surface area contributed by atoms with E-state index in [2.05, 4.69) is 20.3 Å². The predicted molar refractivity (Wildman–Crippen MR) is 79.2 cm³/mol. The zero-order valence-electron chi connectivity index (χ0n) is 11.2. The Bertz CT molecular complexity index is 835. The fraction of sp³-hybridized carbons (Fsp3) is 0.133. The highest BCUT2D eigenvalue weighted by atomic mass is 16.2. The number of para-hydroxylation sites is 1. The van der Waals surface area contributed by atoms with Crippen molar-refractivity contribution in [3.05, 3.63) is 64.5 Å². The lowest BCUT2D eigenvalue weighted by molar-refractivity contribution is 0.0949. The zero-order valence-corrected chi connectivity index (χ0v) is 11.2. The number of hydrogen-bond donors (Lipinski definition) is 3. The van der Waals surface area contributed by atoms with Gasteiger partial charge in [0.15, 0.2) is 0 Å². The molecule has 6 nitrogen and oxygen atoms in total. The van der Waals surface area contributed by atoms with Crippen molar-refractivity contribution in [1.29, 1.82) is 0 Å². The first-order chi connectivity index (χ1) is 10.2. The highest BCUT2D eigenvalue weighted by Crippen LogP contribution is 2.17. The molecule has 3 N–H and O–H groups in total. The van der Waals surface area contributed by atoms with Gasteiger partial charge in [-0.15, -0.1) is 0 Å². The maximum Gasteiger partial charge on any atom is 0.270 e. The molecule has 0 unspecified atom stereocenters. The maximum atomic E-state index is 11.9. The molecule has 0 fully saturated rings. The second-order valence-electron chi connectivity index (χ2n) is 4.66. The lowest BCUT2D eigenvalue weighted by Gasteiger charge is -2.03. The van der Waals surface area contributed by atoms with Gasteiger partial charge in [-0.05, 0) is 18.1 Å². The monoisotopic (exact) mass is 282 g/mol. The van der Waals surface area contributed by atoms with E-state index < -0.39 is 0 Å². The molecule has 0 aliphatic rings. The molecule has 0 aliphatic carbocycles. The number of carbonyl (C=O) groups excluding carboxylic acids is 1. The van der Waals surface area contributed by atoms with Gasteiger partial charge in [0.25, 0.3) is 11.5 Å². The molecule has 0 saturated heterocycles. The Hall–Kier alpha value is -2.89. The van der Waals surface area contributed by atoms with Crippen LogP contribution in [-0.4, -0.2) is 27.4 Å². The van der Waals surface area contributed by atoms with E-state index in [1.54, 1.807) is 0 Å². The van der Waals surface area contributed by atoms with Gasteiger partial charge in [0.05, 0.1) is 6.33 Å². The third-order valence-electron chi connectivity index (χ3n) is 3.27. The zero-order chi connectivity index (χ0) is 14.7. The Morgan fingerprint density at radius 1 is 1.24 bits per heavy atom. The number of rotatable bonds is 4. The van der Waals surface area contributed by atoms with E-state index in [4.69, 9.17) is 0 Å². The summed E-state index contributed by atoms with van der Waals surface area (Å²) in [4.78, 5) is 32.4. The number of nitrogens with zero attached hydrogens (tertiary/aromatic N) is 1. The van der Waals surface area contributed by atoms with Crippen molar-refractivity contribution in [2.75, 3.05) is 6.54 Å². The van der Waals surface area contributed by atoms with Crippen LogP contribution in [0.1, 0.15) is 16.1 Å². The first-order valence-corrected chi connectivity index (χ1v) is 6.62. The number of fused-ring (bicyclic) bond motifs is 1. The first-order valence-electron chi connectivity index (χ1n) is 6.62. The van der Waals surface area contributed by atoms with Crippen molar-refractivity contribution in [3.63, 3.8) is 0 Å². The van der Waals surface area contributed by atoms with E-state index in [0.717, 1.165) is 16.5 Å². The number of H-pyrrole nitrogens is 2. The van der Waals surface area contributed by atoms with Gasteiger partial charge in [-0.3, -0.25) is 9.59 Å². The van der Waals surface area contributed by atoms with Crippen LogP contribution in [0.25, 0.3) is 10.9 Å². The Morgan fingerprint density at radius 2 is 2.10 bits per heavy atom. The molecule has 0 atom stereocenters. The number of nitrogens with one attached hydrogen (secondary N) is 3. The molecule has 6 heteroatoms. The van der Waals surface area contributed by atoms with Crippen LogP contribution >= 0.6 is 0 Å². The fourth-order valence-electron chi connectivity index (χ4n) is 2.23. The molecule has 3 aromatic rings. The molecule has 1 amide bonds. The molecule has 1 aromatic carbocycles. The fourth-order valence-corrected chi connectivity index (χ4v) is 2.23. The van der Waals surface area contributed by atoms with E-state index in [1.165, 1.54) is 12.4 Å². The molecule has 0 aliphatic heterocycles. The summed E-state index contributed by atoms with van der Waals surface area (Å²) < 4.78 is 0. The van der Waals surface area contributed by atoms with E-state index >= 15 is 0 Å². The number of amides is 1. The van der Waals surface area contributed by atoms with E-state index in [9.17, 15) is 9.59 Å². The van der Waals surface area contributed by atoms with Crippen molar-refractivity contribution in [2.24, 2.45) is 0 Å². The lowest BCUT2D eigenvalue weighted by Crippen LogP contribution is -2.27. The Morgan fingerprint density at radius 3 is 2.95 bits per heavy atom. The van der Waals surface area contributed by atoms with Crippen molar-refractivity contribution < 1.29 is 4.79 Å². The van der Waals surface area contributed by atoms with Gasteiger partial charge in [-0.2, -0.15) is 0 Å².